The van der Waals surface area contributed by atoms with E-state index in [-0.39, 0.29) is 11.5 Å². The molecule has 0 unspecified atom stereocenters. The van der Waals surface area contributed by atoms with Gasteiger partial charge in [0.1, 0.15) is 4.83 Å². The minimum absolute atomic E-state index is 0.0218. The van der Waals surface area contributed by atoms with Crippen LogP contribution >= 0.6 is 34.7 Å². The highest BCUT2D eigenvalue weighted by atomic mass is 35.5. The zero-order valence-corrected chi connectivity index (χ0v) is 19.9. The number of methoxy groups -OCH3 is 1. The molecule has 4 rings (SSSR count). The molecule has 0 atom stereocenters. The van der Waals surface area contributed by atoms with Crippen molar-refractivity contribution in [1.82, 2.24) is 14.5 Å². The largest absolute Gasteiger partial charge is 0.469 e. The first-order valence-electron chi connectivity index (χ1n) is 10.2. The molecule has 1 aliphatic rings. The number of nitrogens with zero attached hydrogens (tertiary/aromatic N) is 3. The van der Waals surface area contributed by atoms with Crippen molar-refractivity contribution in [1.29, 1.82) is 0 Å². The third kappa shape index (κ3) is 4.82. The Morgan fingerprint density at radius 3 is 2.81 bits per heavy atom. The fraction of sp³-hybridized carbons (Fsp3) is 0.409. The molecule has 2 aromatic heterocycles. The summed E-state index contributed by atoms with van der Waals surface area (Å²) in [5.74, 6) is 0.563. The number of aromatic nitrogens is 2. The third-order valence-corrected chi connectivity index (χ3v) is 7.74. The van der Waals surface area contributed by atoms with E-state index in [1.807, 2.05) is 12.1 Å². The van der Waals surface area contributed by atoms with E-state index >= 15 is 0 Å². The number of rotatable bonds is 7. The highest BCUT2D eigenvalue weighted by molar-refractivity contribution is 7.99. The highest BCUT2D eigenvalue weighted by Crippen LogP contribution is 2.34. The molecular formula is C22H24ClN3O3S2. The van der Waals surface area contributed by atoms with Gasteiger partial charge in [-0.1, -0.05) is 23.4 Å². The van der Waals surface area contributed by atoms with E-state index in [0.717, 1.165) is 59.6 Å². The normalized spacial score (nSPS) is 14.0. The van der Waals surface area contributed by atoms with E-state index in [1.165, 1.54) is 12.0 Å². The molecular weight excluding hydrogens is 454 g/mol. The number of esters is 1. The maximum Gasteiger partial charge on any atom is 0.305 e. The van der Waals surface area contributed by atoms with Gasteiger partial charge in [0.2, 0.25) is 0 Å². The van der Waals surface area contributed by atoms with E-state index in [0.29, 0.717) is 16.6 Å². The predicted molar refractivity (Wildman–Crippen MR) is 127 cm³/mol. The van der Waals surface area contributed by atoms with Crippen LogP contribution in [0.25, 0.3) is 15.9 Å². The SMILES string of the molecule is COC(=O)CCCCSc1nc2sc3c(c2c(=O)n1-c1ccc(Cl)cc1)CCN(C)C3. The summed E-state index contributed by atoms with van der Waals surface area (Å²) in [6, 6.07) is 7.28. The number of carbonyl (C=O) groups excluding carboxylic acids is 1. The van der Waals surface area contributed by atoms with Crippen LogP contribution in [0, 0.1) is 0 Å². The Balaban J connectivity index is 1.71. The molecule has 0 fully saturated rings. The van der Waals surface area contributed by atoms with Crippen LogP contribution in [0.15, 0.2) is 34.2 Å². The van der Waals surface area contributed by atoms with Gasteiger partial charge in [-0.05, 0) is 56.1 Å². The average Bonchev–Trinajstić information content (AvgIpc) is 3.11. The van der Waals surface area contributed by atoms with E-state index in [1.54, 1.807) is 39.8 Å². The van der Waals surface area contributed by atoms with Crippen LogP contribution in [-0.2, 0) is 22.5 Å². The van der Waals surface area contributed by atoms with E-state index in [4.69, 9.17) is 21.3 Å². The molecule has 31 heavy (non-hydrogen) atoms. The Labute approximate surface area is 194 Å². The van der Waals surface area contributed by atoms with Crippen molar-refractivity contribution in [2.24, 2.45) is 0 Å². The molecule has 0 saturated heterocycles. The van der Waals surface area contributed by atoms with Crippen LogP contribution in [-0.4, -0.2) is 46.9 Å². The number of benzene rings is 1. The first kappa shape index (κ1) is 22.3. The molecule has 0 amide bonds. The molecule has 0 spiro atoms. The second-order valence-electron chi connectivity index (χ2n) is 7.56. The fourth-order valence-electron chi connectivity index (χ4n) is 3.70. The minimum Gasteiger partial charge on any atom is -0.469 e. The Hall–Kier alpha value is -1.87. The van der Waals surface area contributed by atoms with Gasteiger partial charge in [0, 0.05) is 35.2 Å². The van der Waals surface area contributed by atoms with Crippen molar-refractivity contribution >= 4 is 50.9 Å². The number of unbranched alkanes of at least 4 members (excludes halogenated alkanes) is 1. The topological polar surface area (TPSA) is 64.4 Å². The second kappa shape index (κ2) is 9.73. The summed E-state index contributed by atoms with van der Waals surface area (Å²) in [5, 5.41) is 2.04. The molecule has 0 radical (unpaired) electrons. The minimum atomic E-state index is -0.197. The van der Waals surface area contributed by atoms with Gasteiger partial charge in [0.25, 0.3) is 5.56 Å². The Kier molecular flexibility index (Phi) is 7.01. The zero-order chi connectivity index (χ0) is 22.0. The number of likely N-dealkylation sites (N-methyl/N-ethyl adjacent to an activating group) is 1. The summed E-state index contributed by atoms with van der Waals surface area (Å²) in [6.07, 6.45) is 2.84. The summed E-state index contributed by atoms with van der Waals surface area (Å²) in [7, 11) is 3.50. The first-order valence-corrected chi connectivity index (χ1v) is 12.4. The van der Waals surface area contributed by atoms with E-state index < -0.39 is 0 Å². The van der Waals surface area contributed by atoms with Gasteiger partial charge < -0.3 is 9.64 Å². The van der Waals surface area contributed by atoms with Gasteiger partial charge in [-0.15, -0.1) is 11.3 Å². The lowest BCUT2D eigenvalue weighted by atomic mass is 10.1. The van der Waals surface area contributed by atoms with Gasteiger partial charge in [0.05, 0.1) is 18.2 Å². The third-order valence-electron chi connectivity index (χ3n) is 5.35. The van der Waals surface area contributed by atoms with Gasteiger partial charge in [0.15, 0.2) is 5.16 Å². The van der Waals surface area contributed by atoms with Crippen molar-refractivity contribution in [3.8, 4) is 5.69 Å². The van der Waals surface area contributed by atoms with Gasteiger partial charge in [-0.25, -0.2) is 4.98 Å². The van der Waals surface area contributed by atoms with Gasteiger partial charge in [-0.3, -0.25) is 14.2 Å². The summed E-state index contributed by atoms with van der Waals surface area (Å²) in [4.78, 5) is 34.2. The van der Waals surface area contributed by atoms with Crippen LogP contribution in [0.2, 0.25) is 5.02 Å². The van der Waals surface area contributed by atoms with Crippen LogP contribution in [0.1, 0.15) is 29.7 Å². The number of ether oxygens (including phenoxy) is 1. The number of carbonyl (C=O) groups is 1. The molecule has 164 valence electrons. The molecule has 3 aromatic rings. The number of halogens is 1. The molecule has 0 N–H and O–H groups in total. The van der Waals surface area contributed by atoms with Crippen LogP contribution < -0.4 is 5.56 Å². The zero-order valence-electron chi connectivity index (χ0n) is 17.5. The van der Waals surface area contributed by atoms with Crippen molar-refractivity contribution in [2.75, 3.05) is 26.5 Å². The second-order valence-corrected chi connectivity index (χ2v) is 10.1. The number of hydrogen-bond acceptors (Lipinski definition) is 7. The van der Waals surface area contributed by atoms with Crippen LogP contribution in [0.4, 0.5) is 0 Å². The maximum absolute atomic E-state index is 13.7. The van der Waals surface area contributed by atoms with Crippen LogP contribution in [0.5, 0.6) is 0 Å². The van der Waals surface area contributed by atoms with E-state index in [2.05, 4.69) is 11.9 Å². The van der Waals surface area contributed by atoms with Crippen molar-refractivity contribution in [3.05, 3.63) is 50.1 Å². The van der Waals surface area contributed by atoms with E-state index in [9.17, 15) is 9.59 Å². The van der Waals surface area contributed by atoms with Crippen molar-refractivity contribution < 1.29 is 9.53 Å². The predicted octanol–water partition coefficient (Wildman–Crippen LogP) is 4.52. The number of fused-ring (bicyclic) bond motifs is 3. The lowest BCUT2D eigenvalue weighted by Crippen LogP contribution is -2.27. The molecule has 0 aliphatic carbocycles. The Bertz CT molecular complexity index is 1160. The first-order chi connectivity index (χ1) is 15.0. The van der Waals surface area contributed by atoms with Crippen molar-refractivity contribution in [2.45, 2.75) is 37.4 Å². The molecule has 0 bridgehead atoms. The highest BCUT2D eigenvalue weighted by Gasteiger charge is 2.24. The molecule has 1 aliphatic heterocycles. The summed E-state index contributed by atoms with van der Waals surface area (Å²) in [5.41, 5.74) is 1.88. The summed E-state index contributed by atoms with van der Waals surface area (Å²) < 4.78 is 6.40. The summed E-state index contributed by atoms with van der Waals surface area (Å²) in [6.45, 7) is 1.79. The average molecular weight is 478 g/mol. The standard InChI is InChI=1S/C22H24ClN3O3S2/c1-25-11-10-16-17(13-25)31-20-19(16)21(28)26(15-8-6-14(23)7-9-15)22(24-20)30-12-4-3-5-18(27)29-2/h6-9H,3-5,10-13H2,1-2H3. The summed E-state index contributed by atoms with van der Waals surface area (Å²) >= 11 is 9.24. The molecule has 6 nitrogen and oxygen atoms in total. The monoisotopic (exact) mass is 477 g/mol. The fourth-order valence-corrected chi connectivity index (χ4v) is 6.18. The quantitative estimate of drug-likeness (QED) is 0.216. The molecule has 3 heterocycles. The molecule has 0 saturated carbocycles. The lowest BCUT2D eigenvalue weighted by Gasteiger charge is -2.21. The molecule has 1 aromatic carbocycles. The van der Waals surface area contributed by atoms with Crippen LogP contribution in [0.3, 0.4) is 0 Å². The Morgan fingerprint density at radius 1 is 1.29 bits per heavy atom. The van der Waals surface area contributed by atoms with Gasteiger partial charge >= 0.3 is 5.97 Å². The number of hydrogen-bond donors (Lipinski definition) is 0. The lowest BCUT2D eigenvalue weighted by molar-refractivity contribution is -0.140. The number of thiophene rings is 1. The smallest absolute Gasteiger partial charge is 0.305 e. The maximum atomic E-state index is 13.7. The number of thioether (sulfide) groups is 1. The Morgan fingerprint density at radius 2 is 2.06 bits per heavy atom. The molecule has 9 heteroatoms. The van der Waals surface area contributed by atoms with Crippen molar-refractivity contribution in [3.63, 3.8) is 0 Å². The van der Waals surface area contributed by atoms with Gasteiger partial charge in [-0.2, -0.15) is 0 Å².